The Bertz CT molecular complexity index is 928. The molecule has 2 aromatic carbocycles. The van der Waals surface area contributed by atoms with Crippen molar-refractivity contribution in [2.45, 2.75) is 18.5 Å². The molecule has 2 aromatic rings. The molecule has 1 heterocycles. The molecule has 146 valence electrons. The van der Waals surface area contributed by atoms with Crippen LogP contribution in [0.15, 0.2) is 48.5 Å². The third kappa shape index (κ3) is 4.48. The Balaban J connectivity index is 1.80. The van der Waals surface area contributed by atoms with Crippen LogP contribution in [0.1, 0.15) is 28.3 Å². The monoisotopic (exact) mass is 391 g/mol. The second kappa shape index (κ2) is 7.71. The molecule has 3 N–H and O–H groups in total. The molecule has 0 bridgehead atoms. The predicted molar refractivity (Wildman–Crippen MR) is 95.9 cm³/mol. The van der Waals surface area contributed by atoms with E-state index in [0.29, 0.717) is 11.3 Å². The van der Waals surface area contributed by atoms with Gasteiger partial charge in [-0.15, -0.1) is 0 Å². The van der Waals surface area contributed by atoms with Crippen molar-refractivity contribution in [2.75, 3.05) is 17.2 Å². The molecule has 0 saturated carbocycles. The summed E-state index contributed by atoms with van der Waals surface area (Å²) in [5, 5.41) is 7.01. The number of benzene rings is 2. The third-order valence-electron chi connectivity index (χ3n) is 4.20. The van der Waals surface area contributed by atoms with Gasteiger partial charge in [-0.2, -0.15) is 13.2 Å². The molecular formula is C19H16F3N3O3. The topological polar surface area (TPSA) is 87.3 Å². The van der Waals surface area contributed by atoms with Gasteiger partial charge in [0.1, 0.15) is 6.54 Å². The van der Waals surface area contributed by atoms with Gasteiger partial charge < -0.3 is 16.0 Å². The summed E-state index contributed by atoms with van der Waals surface area (Å²) in [6.45, 7) is -1.48. The summed E-state index contributed by atoms with van der Waals surface area (Å²) in [4.78, 5) is 36.7. The molecule has 1 unspecified atom stereocenters. The molecule has 0 saturated heterocycles. The van der Waals surface area contributed by atoms with Gasteiger partial charge in [0.05, 0.1) is 17.2 Å². The smallest absolute Gasteiger partial charge is 0.343 e. The van der Waals surface area contributed by atoms with Crippen LogP contribution in [-0.4, -0.2) is 30.4 Å². The summed E-state index contributed by atoms with van der Waals surface area (Å²) in [6, 6.07) is 12.6. The average Bonchev–Trinajstić information content (AvgIpc) is 2.65. The average molecular weight is 391 g/mol. The Morgan fingerprint density at radius 2 is 1.75 bits per heavy atom. The summed E-state index contributed by atoms with van der Waals surface area (Å²) >= 11 is 0. The number of carbonyl (C=O) groups is 3. The summed E-state index contributed by atoms with van der Waals surface area (Å²) in [6.07, 6.45) is -4.63. The number of anilines is 2. The Morgan fingerprint density at radius 1 is 1.07 bits per heavy atom. The third-order valence-corrected chi connectivity index (χ3v) is 4.20. The molecule has 3 rings (SSSR count). The van der Waals surface area contributed by atoms with Crippen LogP contribution >= 0.6 is 0 Å². The van der Waals surface area contributed by atoms with Gasteiger partial charge >= 0.3 is 6.18 Å². The molecule has 9 heteroatoms. The van der Waals surface area contributed by atoms with Crippen molar-refractivity contribution < 1.29 is 27.6 Å². The van der Waals surface area contributed by atoms with Crippen LogP contribution in [0.25, 0.3) is 0 Å². The second-order valence-electron chi connectivity index (χ2n) is 6.22. The predicted octanol–water partition coefficient (Wildman–Crippen LogP) is 3.04. The van der Waals surface area contributed by atoms with Crippen molar-refractivity contribution in [1.82, 2.24) is 5.32 Å². The number of halogens is 3. The Morgan fingerprint density at radius 3 is 2.50 bits per heavy atom. The number of para-hydroxylation sites is 2. The van der Waals surface area contributed by atoms with Crippen molar-refractivity contribution >= 4 is 29.1 Å². The first kappa shape index (κ1) is 19.4. The fourth-order valence-electron chi connectivity index (χ4n) is 2.93. The summed E-state index contributed by atoms with van der Waals surface area (Å²) in [5.74, 6) is -2.60. The van der Waals surface area contributed by atoms with Gasteiger partial charge in [-0.25, -0.2) is 0 Å². The van der Waals surface area contributed by atoms with Crippen molar-refractivity contribution in [3.05, 3.63) is 59.7 Å². The van der Waals surface area contributed by atoms with Gasteiger partial charge in [0.2, 0.25) is 11.8 Å². The van der Waals surface area contributed by atoms with Crippen LogP contribution in [0.5, 0.6) is 0 Å². The highest BCUT2D eigenvalue weighted by Gasteiger charge is 2.31. The van der Waals surface area contributed by atoms with E-state index < -0.39 is 30.5 Å². The van der Waals surface area contributed by atoms with Gasteiger partial charge in [-0.05, 0) is 23.8 Å². The fourth-order valence-corrected chi connectivity index (χ4v) is 2.93. The Hall–Kier alpha value is -3.36. The quantitative estimate of drug-likeness (QED) is 0.749. The zero-order chi connectivity index (χ0) is 20.3. The molecule has 0 radical (unpaired) electrons. The number of carbonyl (C=O) groups excluding carboxylic acids is 3. The highest BCUT2D eigenvalue weighted by molar-refractivity contribution is 6.08. The first-order chi connectivity index (χ1) is 13.2. The zero-order valence-electron chi connectivity index (χ0n) is 14.5. The number of amides is 3. The molecule has 0 aromatic heterocycles. The molecule has 1 atom stereocenters. The number of fused-ring (bicyclic) bond motifs is 1. The minimum atomic E-state index is -4.55. The van der Waals surface area contributed by atoms with E-state index in [9.17, 15) is 27.6 Å². The normalized spacial score (nSPS) is 16.0. The standard InChI is InChI=1S/C19H16F3N3O3/c20-19(21,22)10-23-17(27)12-6-2-4-8-15(12)25-18(28)13-9-16(26)24-14-7-3-1-5-11(13)14/h1-8,13H,9-10H2,(H,23,27)(H,24,26)(H,25,28). The summed E-state index contributed by atoms with van der Waals surface area (Å²) in [5.41, 5.74) is 1.11. The van der Waals surface area contributed by atoms with Crippen LogP contribution in [0, 0.1) is 0 Å². The lowest BCUT2D eigenvalue weighted by molar-refractivity contribution is -0.123. The summed E-state index contributed by atoms with van der Waals surface area (Å²) in [7, 11) is 0. The molecule has 28 heavy (non-hydrogen) atoms. The van der Waals surface area contributed by atoms with E-state index in [4.69, 9.17) is 0 Å². The maximum Gasteiger partial charge on any atom is 0.405 e. The number of hydrogen-bond donors (Lipinski definition) is 3. The van der Waals surface area contributed by atoms with Crippen LogP contribution in [0.3, 0.4) is 0 Å². The van der Waals surface area contributed by atoms with Gasteiger partial charge in [0.15, 0.2) is 0 Å². The highest BCUT2D eigenvalue weighted by atomic mass is 19.4. The molecule has 6 nitrogen and oxygen atoms in total. The number of alkyl halides is 3. The molecular weight excluding hydrogens is 375 g/mol. The lowest BCUT2D eigenvalue weighted by Gasteiger charge is -2.25. The Labute approximate surface area is 158 Å². The minimum Gasteiger partial charge on any atom is -0.343 e. The van der Waals surface area contributed by atoms with E-state index in [1.165, 1.54) is 24.3 Å². The molecule has 3 amide bonds. The van der Waals surface area contributed by atoms with E-state index in [1.54, 1.807) is 29.6 Å². The minimum absolute atomic E-state index is 0.0654. The van der Waals surface area contributed by atoms with E-state index in [0.717, 1.165) is 0 Å². The lowest BCUT2D eigenvalue weighted by Crippen LogP contribution is -2.35. The van der Waals surface area contributed by atoms with Gasteiger partial charge in [0, 0.05) is 12.1 Å². The van der Waals surface area contributed by atoms with Gasteiger partial charge in [-0.3, -0.25) is 14.4 Å². The molecule has 0 fully saturated rings. The first-order valence-electron chi connectivity index (χ1n) is 8.38. The maximum atomic E-state index is 12.8. The lowest BCUT2D eigenvalue weighted by atomic mass is 9.89. The van der Waals surface area contributed by atoms with Crippen molar-refractivity contribution in [3.63, 3.8) is 0 Å². The molecule has 1 aliphatic heterocycles. The molecule has 0 spiro atoms. The first-order valence-corrected chi connectivity index (χ1v) is 8.38. The summed E-state index contributed by atoms with van der Waals surface area (Å²) < 4.78 is 37.0. The van der Waals surface area contributed by atoms with Crippen molar-refractivity contribution in [2.24, 2.45) is 0 Å². The highest BCUT2D eigenvalue weighted by Crippen LogP contribution is 2.33. The van der Waals surface area contributed by atoms with Crippen molar-refractivity contribution in [3.8, 4) is 0 Å². The van der Waals surface area contributed by atoms with Crippen molar-refractivity contribution in [1.29, 1.82) is 0 Å². The number of hydrogen-bond acceptors (Lipinski definition) is 3. The van der Waals surface area contributed by atoms with Crippen LogP contribution in [-0.2, 0) is 9.59 Å². The SMILES string of the molecule is O=C1CC(C(=O)Nc2ccccc2C(=O)NCC(F)(F)F)c2ccccc2N1. The van der Waals surface area contributed by atoms with Crippen LogP contribution < -0.4 is 16.0 Å². The van der Waals surface area contributed by atoms with Gasteiger partial charge in [0.25, 0.3) is 5.91 Å². The van der Waals surface area contributed by atoms with Crippen LogP contribution in [0.4, 0.5) is 24.5 Å². The fraction of sp³-hybridized carbons (Fsp3) is 0.211. The van der Waals surface area contributed by atoms with Gasteiger partial charge in [-0.1, -0.05) is 30.3 Å². The molecule has 0 aliphatic carbocycles. The molecule has 1 aliphatic rings. The van der Waals surface area contributed by atoms with E-state index in [2.05, 4.69) is 10.6 Å². The second-order valence-corrected chi connectivity index (χ2v) is 6.22. The zero-order valence-corrected chi connectivity index (χ0v) is 14.5. The maximum absolute atomic E-state index is 12.8. The van der Waals surface area contributed by atoms with E-state index in [1.807, 2.05) is 0 Å². The van der Waals surface area contributed by atoms with E-state index in [-0.39, 0.29) is 23.6 Å². The number of rotatable bonds is 4. The van der Waals surface area contributed by atoms with E-state index >= 15 is 0 Å². The number of nitrogens with one attached hydrogen (secondary N) is 3. The Kier molecular flexibility index (Phi) is 5.34. The van der Waals surface area contributed by atoms with Crippen LogP contribution in [0.2, 0.25) is 0 Å². The largest absolute Gasteiger partial charge is 0.405 e.